The second kappa shape index (κ2) is 11.4. The summed E-state index contributed by atoms with van der Waals surface area (Å²) in [5, 5.41) is 34.3. The summed E-state index contributed by atoms with van der Waals surface area (Å²) in [7, 11) is 1.64. The van der Waals surface area contributed by atoms with Crippen molar-refractivity contribution in [1.29, 1.82) is 0 Å². The van der Waals surface area contributed by atoms with Gasteiger partial charge in [-0.2, -0.15) is 0 Å². The molecule has 4 N–H and O–H groups in total. The number of hydrogen-bond acceptors (Lipinski definition) is 6. The molecule has 1 heterocycles. The van der Waals surface area contributed by atoms with Gasteiger partial charge in [-0.05, 0) is 41.8 Å². The van der Waals surface area contributed by atoms with Crippen molar-refractivity contribution in [2.24, 2.45) is 12.2 Å². The Kier molecular flexibility index (Phi) is 8.34. The minimum atomic E-state index is -0.725. The van der Waals surface area contributed by atoms with Gasteiger partial charge in [0.15, 0.2) is 0 Å². The summed E-state index contributed by atoms with van der Waals surface area (Å²) < 4.78 is 1.43. The number of carbonyl (C=O) groups excluding carboxylic acids is 1. The van der Waals surface area contributed by atoms with Crippen molar-refractivity contribution in [2.75, 3.05) is 13.2 Å². The van der Waals surface area contributed by atoms with Gasteiger partial charge in [-0.1, -0.05) is 41.6 Å². The molecule has 0 spiro atoms. The monoisotopic (exact) mass is 463 g/mol. The molecule has 8 heteroatoms. The summed E-state index contributed by atoms with van der Waals surface area (Å²) in [5.41, 5.74) is 4.34. The van der Waals surface area contributed by atoms with Crippen LogP contribution in [0.4, 0.5) is 0 Å². The van der Waals surface area contributed by atoms with E-state index in [2.05, 4.69) is 10.5 Å². The topological polar surface area (TPSA) is 124 Å². The molecule has 0 bridgehead atoms. The number of nitrogens with one attached hydrogen (secondary N) is 1. The van der Waals surface area contributed by atoms with Crippen LogP contribution in [0.15, 0.2) is 76.8 Å². The second-order valence-corrected chi connectivity index (χ2v) is 8.18. The first-order valence-electron chi connectivity index (χ1n) is 10.9. The molecule has 1 atom stereocenters. The standard InChI is InChI=1S/C26H29N3O5/c1-17-5-3-4-6-22(17)23(13-24(28-34)20-11-12-25(32)29(2)14-20)18-7-9-19(10-8-18)26(33)27-21(15-30)16-31/h3-12,14,21,23,30-31,34H,13,15-16H2,1-2H3,(H,27,33). The van der Waals surface area contributed by atoms with Crippen molar-refractivity contribution < 1.29 is 20.2 Å². The first-order chi connectivity index (χ1) is 16.4. The van der Waals surface area contributed by atoms with Crippen LogP contribution >= 0.6 is 0 Å². The lowest BCUT2D eigenvalue weighted by atomic mass is 9.83. The third-order valence-electron chi connectivity index (χ3n) is 5.85. The molecule has 0 saturated heterocycles. The van der Waals surface area contributed by atoms with Crippen LogP contribution in [0.2, 0.25) is 0 Å². The fraction of sp³-hybridized carbons (Fsp3) is 0.269. The van der Waals surface area contributed by atoms with Gasteiger partial charge in [0.25, 0.3) is 5.91 Å². The maximum Gasteiger partial charge on any atom is 0.251 e. The summed E-state index contributed by atoms with van der Waals surface area (Å²) in [6, 6.07) is 17.3. The van der Waals surface area contributed by atoms with Gasteiger partial charge < -0.3 is 25.3 Å². The van der Waals surface area contributed by atoms with E-state index in [4.69, 9.17) is 0 Å². The number of rotatable bonds is 9. The molecular weight excluding hydrogens is 434 g/mol. The molecule has 0 aliphatic carbocycles. The van der Waals surface area contributed by atoms with Crippen LogP contribution in [-0.2, 0) is 7.05 Å². The predicted molar refractivity (Wildman–Crippen MR) is 130 cm³/mol. The summed E-state index contributed by atoms with van der Waals surface area (Å²) >= 11 is 0. The molecule has 0 aliphatic heterocycles. The van der Waals surface area contributed by atoms with Crippen LogP contribution in [-0.4, -0.2) is 50.9 Å². The lowest BCUT2D eigenvalue weighted by Gasteiger charge is -2.21. The molecule has 0 saturated carbocycles. The van der Waals surface area contributed by atoms with Gasteiger partial charge >= 0.3 is 0 Å². The maximum absolute atomic E-state index is 12.4. The molecule has 1 amide bonds. The summed E-state index contributed by atoms with van der Waals surface area (Å²) in [6.45, 7) is 1.30. The highest BCUT2D eigenvalue weighted by molar-refractivity contribution is 6.00. The second-order valence-electron chi connectivity index (χ2n) is 8.18. The zero-order valence-electron chi connectivity index (χ0n) is 19.2. The average molecular weight is 464 g/mol. The van der Waals surface area contributed by atoms with E-state index >= 15 is 0 Å². The van der Waals surface area contributed by atoms with Crippen LogP contribution in [0.25, 0.3) is 0 Å². The molecule has 0 fully saturated rings. The minimum absolute atomic E-state index is 0.157. The number of oxime groups is 1. The minimum Gasteiger partial charge on any atom is -0.411 e. The number of aliphatic hydroxyl groups excluding tert-OH is 2. The maximum atomic E-state index is 12.4. The van der Waals surface area contributed by atoms with Crippen LogP contribution in [0.1, 0.15) is 45.0 Å². The van der Waals surface area contributed by atoms with Crippen LogP contribution in [0.3, 0.4) is 0 Å². The van der Waals surface area contributed by atoms with Gasteiger partial charge in [0.1, 0.15) is 0 Å². The number of aromatic nitrogens is 1. The number of nitrogens with zero attached hydrogens (tertiary/aromatic N) is 2. The largest absolute Gasteiger partial charge is 0.411 e. The highest BCUT2D eigenvalue weighted by atomic mass is 16.4. The van der Waals surface area contributed by atoms with Crippen LogP contribution in [0, 0.1) is 6.92 Å². The molecule has 34 heavy (non-hydrogen) atoms. The van der Waals surface area contributed by atoms with E-state index in [1.807, 2.05) is 43.3 Å². The zero-order valence-corrected chi connectivity index (χ0v) is 19.2. The number of carbonyl (C=O) groups is 1. The normalized spacial score (nSPS) is 12.6. The Labute approximate surface area is 197 Å². The first-order valence-corrected chi connectivity index (χ1v) is 10.9. The molecule has 0 radical (unpaired) electrons. The number of benzene rings is 2. The van der Waals surface area contributed by atoms with Crippen molar-refractivity contribution in [3.05, 3.63) is 105 Å². The predicted octanol–water partition coefficient (Wildman–Crippen LogP) is 2.18. The van der Waals surface area contributed by atoms with Crippen molar-refractivity contribution >= 4 is 11.6 Å². The zero-order chi connectivity index (χ0) is 24.7. The Balaban J connectivity index is 1.95. The highest BCUT2D eigenvalue weighted by Crippen LogP contribution is 2.32. The fourth-order valence-corrected chi connectivity index (χ4v) is 3.84. The number of hydrogen-bond donors (Lipinski definition) is 4. The van der Waals surface area contributed by atoms with Crippen LogP contribution < -0.4 is 10.9 Å². The van der Waals surface area contributed by atoms with E-state index in [0.717, 1.165) is 16.7 Å². The van der Waals surface area contributed by atoms with E-state index in [1.54, 1.807) is 31.4 Å². The van der Waals surface area contributed by atoms with Gasteiger partial charge in [-0.25, -0.2) is 0 Å². The Bertz CT molecular complexity index is 1210. The van der Waals surface area contributed by atoms with Gasteiger partial charge in [-0.3, -0.25) is 9.59 Å². The van der Waals surface area contributed by atoms with E-state index in [9.17, 15) is 25.0 Å². The number of aliphatic hydroxyl groups is 2. The van der Waals surface area contributed by atoms with E-state index in [0.29, 0.717) is 23.3 Å². The first kappa shape index (κ1) is 24.9. The van der Waals surface area contributed by atoms with E-state index < -0.39 is 11.9 Å². The van der Waals surface area contributed by atoms with Gasteiger partial charge in [0.05, 0.1) is 25.0 Å². The Morgan fingerprint density at radius 2 is 1.65 bits per heavy atom. The van der Waals surface area contributed by atoms with Gasteiger partial charge in [0.2, 0.25) is 5.56 Å². The van der Waals surface area contributed by atoms with Crippen molar-refractivity contribution in [3.8, 4) is 0 Å². The van der Waals surface area contributed by atoms with Gasteiger partial charge in [-0.15, -0.1) is 0 Å². The van der Waals surface area contributed by atoms with E-state index in [1.165, 1.54) is 10.6 Å². The number of pyridine rings is 1. The molecule has 2 aromatic carbocycles. The smallest absolute Gasteiger partial charge is 0.251 e. The SMILES string of the molecule is Cc1ccccc1C(CC(=NO)c1ccc(=O)n(C)c1)c1ccc(C(=O)NC(CO)CO)cc1. The lowest BCUT2D eigenvalue weighted by Crippen LogP contribution is -2.40. The van der Waals surface area contributed by atoms with Crippen molar-refractivity contribution in [3.63, 3.8) is 0 Å². The molecule has 1 aromatic heterocycles. The van der Waals surface area contributed by atoms with Gasteiger partial charge in [0, 0.05) is 42.8 Å². The Morgan fingerprint density at radius 1 is 1.00 bits per heavy atom. The lowest BCUT2D eigenvalue weighted by molar-refractivity contribution is 0.0879. The Morgan fingerprint density at radius 3 is 2.24 bits per heavy atom. The fourth-order valence-electron chi connectivity index (χ4n) is 3.84. The third-order valence-corrected chi connectivity index (χ3v) is 5.85. The van der Waals surface area contributed by atoms with E-state index in [-0.39, 0.29) is 24.7 Å². The molecule has 1 unspecified atom stereocenters. The van der Waals surface area contributed by atoms with Crippen molar-refractivity contribution in [1.82, 2.24) is 9.88 Å². The quantitative estimate of drug-likeness (QED) is 0.220. The average Bonchev–Trinajstić information content (AvgIpc) is 2.86. The molecule has 178 valence electrons. The third kappa shape index (κ3) is 5.78. The highest BCUT2D eigenvalue weighted by Gasteiger charge is 2.21. The summed E-state index contributed by atoms with van der Waals surface area (Å²) in [6.07, 6.45) is 2.00. The molecule has 3 aromatic rings. The summed E-state index contributed by atoms with van der Waals surface area (Å²) in [4.78, 5) is 24.2. The molecular formula is C26H29N3O5. The summed E-state index contributed by atoms with van der Waals surface area (Å²) in [5.74, 6) is -0.570. The van der Waals surface area contributed by atoms with Crippen molar-refractivity contribution in [2.45, 2.75) is 25.3 Å². The molecule has 3 rings (SSSR count). The number of aryl methyl sites for hydroxylation is 2. The number of amides is 1. The molecule has 8 nitrogen and oxygen atoms in total. The van der Waals surface area contributed by atoms with Crippen LogP contribution in [0.5, 0.6) is 0 Å². The molecule has 0 aliphatic rings. The Hall–Kier alpha value is -3.75.